The highest BCUT2D eigenvalue weighted by molar-refractivity contribution is 7.09. The van der Waals surface area contributed by atoms with Crippen LogP contribution in [0.25, 0.3) is 0 Å². The number of rotatable bonds is 7. The molecule has 0 saturated carbocycles. The van der Waals surface area contributed by atoms with E-state index >= 15 is 0 Å². The molecule has 2 rings (SSSR count). The molecule has 2 heterocycles. The summed E-state index contributed by atoms with van der Waals surface area (Å²) in [5.41, 5.74) is 0.159. The fourth-order valence-corrected chi connectivity index (χ4v) is 3.32. The van der Waals surface area contributed by atoms with Gasteiger partial charge in [-0.2, -0.15) is 0 Å². The third-order valence-electron chi connectivity index (χ3n) is 3.58. The number of likely N-dealkylation sites (tertiary alicyclic amines) is 1. The second-order valence-electron chi connectivity index (χ2n) is 5.40. The van der Waals surface area contributed by atoms with Crippen LogP contribution in [0.1, 0.15) is 41.7 Å². The van der Waals surface area contributed by atoms with Crippen LogP contribution in [0, 0.1) is 0 Å². The van der Waals surface area contributed by atoms with E-state index in [0.29, 0.717) is 6.04 Å². The van der Waals surface area contributed by atoms with Crippen LogP contribution in [0.15, 0.2) is 5.38 Å². The van der Waals surface area contributed by atoms with Gasteiger partial charge >= 0.3 is 5.97 Å². The van der Waals surface area contributed by atoms with Crippen LogP contribution in [0.2, 0.25) is 0 Å². The van der Waals surface area contributed by atoms with Crippen LogP contribution < -0.4 is 5.32 Å². The zero-order valence-corrected chi connectivity index (χ0v) is 12.8. The van der Waals surface area contributed by atoms with Crippen molar-refractivity contribution in [2.45, 2.75) is 38.6 Å². The molecule has 1 unspecified atom stereocenters. The molecule has 1 aliphatic heterocycles. The highest BCUT2D eigenvalue weighted by Crippen LogP contribution is 2.11. The first-order valence-electron chi connectivity index (χ1n) is 7.28. The summed E-state index contributed by atoms with van der Waals surface area (Å²) in [6.45, 7) is 6.60. The first-order valence-corrected chi connectivity index (χ1v) is 8.16. The van der Waals surface area contributed by atoms with E-state index in [1.54, 1.807) is 5.38 Å². The predicted molar refractivity (Wildman–Crippen MR) is 80.5 cm³/mol. The van der Waals surface area contributed by atoms with E-state index in [0.717, 1.165) is 24.5 Å². The summed E-state index contributed by atoms with van der Waals surface area (Å²) in [4.78, 5) is 17.4. The molecule has 1 aromatic rings. The van der Waals surface area contributed by atoms with Crippen LogP contribution in [0.5, 0.6) is 0 Å². The molecule has 5 nitrogen and oxygen atoms in total. The number of carbonyl (C=O) groups is 1. The third kappa shape index (κ3) is 4.85. The van der Waals surface area contributed by atoms with Crippen molar-refractivity contribution in [3.63, 3.8) is 0 Å². The summed E-state index contributed by atoms with van der Waals surface area (Å²) in [6.07, 6.45) is 4.81. The normalized spacial score (nSPS) is 18.1. The van der Waals surface area contributed by atoms with Crippen molar-refractivity contribution >= 4 is 17.3 Å². The molecule has 0 bridgehead atoms. The van der Waals surface area contributed by atoms with E-state index in [-0.39, 0.29) is 5.69 Å². The van der Waals surface area contributed by atoms with Crippen LogP contribution in [0.3, 0.4) is 0 Å². The lowest BCUT2D eigenvalue weighted by Crippen LogP contribution is -2.42. The van der Waals surface area contributed by atoms with Gasteiger partial charge in [-0.05, 0) is 32.9 Å². The number of aromatic carboxylic acids is 1. The number of hydrogen-bond donors (Lipinski definition) is 2. The summed E-state index contributed by atoms with van der Waals surface area (Å²) in [5.74, 6) is -0.945. The molecule has 6 heteroatoms. The van der Waals surface area contributed by atoms with Crippen molar-refractivity contribution in [2.75, 3.05) is 26.2 Å². The Balaban J connectivity index is 1.65. The van der Waals surface area contributed by atoms with E-state index in [2.05, 4.69) is 22.1 Å². The fourth-order valence-electron chi connectivity index (χ4n) is 2.54. The molecule has 112 valence electrons. The third-order valence-corrected chi connectivity index (χ3v) is 4.49. The van der Waals surface area contributed by atoms with Gasteiger partial charge in [-0.3, -0.25) is 0 Å². The van der Waals surface area contributed by atoms with Crippen molar-refractivity contribution in [1.29, 1.82) is 0 Å². The average Bonchev–Trinajstić information content (AvgIpc) is 2.89. The minimum absolute atomic E-state index is 0.159. The maximum Gasteiger partial charge on any atom is 0.355 e. The lowest BCUT2D eigenvalue weighted by molar-refractivity contribution is 0.0691. The molecule has 0 aromatic carbocycles. The zero-order chi connectivity index (χ0) is 14.4. The lowest BCUT2D eigenvalue weighted by atomic mass is 10.1. The number of nitrogens with one attached hydrogen (secondary N) is 1. The number of piperidine rings is 1. The Morgan fingerprint density at radius 3 is 2.90 bits per heavy atom. The van der Waals surface area contributed by atoms with Gasteiger partial charge in [0.1, 0.15) is 0 Å². The highest BCUT2D eigenvalue weighted by atomic mass is 32.1. The van der Waals surface area contributed by atoms with Crippen molar-refractivity contribution in [3.05, 3.63) is 16.1 Å². The van der Waals surface area contributed by atoms with Gasteiger partial charge in [-0.15, -0.1) is 11.3 Å². The highest BCUT2D eigenvalue weighted by Gasteiger charge is 2.13. The molecule has 2 N–H and O–H groups in total. The summed E-state index contributed by atoms with van der Waals surface area (Å²) in [7, 11) is 0. The van der Waals surface area contributed by atoms with Gasteiger partial charge < -0.3 is 15.3 Å². The Morgan fingerprint density at radius 2 is 2.25 bits per heavy atom. The predicted octanol–water partition coefficient (Wildman–Crippen LogP) is 1.85. The smallest absolute Gasteiger partial charge is 0.355 e. The van der Waals surface area contributed by atoms with E-state index in [4.69, 9.17) is 5.11 Å². The molecule has 0 aliphatic carbocycles. The van der Waals surface area contributed by atoms with Crippen molar-refractivity contribution in [1.82, 2.24) is 15.2 Å². The molecule has 1 aliphatic rings. The van der Waals surface area contributed by atoms with Gasteiger partial charge in [0.15, 0.2) is 5.69 Å². The van der Waals surface area contributed by atoms with Crippen LogP contribution in [-0.2, 0) is 6.42 Å². The molecule has 0 radical (unpaired) electrons. The molecule has 1 saturated heterocycles. The topological polar surface area (TPSA) is 65.5 Å². The van der Waals surface area contributed by atoms with Gasteiger partial charge in [0, 0.05) is 30.9 Å². The summed E-state index contributed by atoms with van der Waals surface area (Å²) in [6, 6.07) is 0.465. The summed E-state index contributed by atoms with van der Waals surface area (Å²) in [5, 5.41) is 14.8. The fraction of sp³-hybridized carbons (Fsp3) is 0.714. The van der Waals surface area contributed by atoms with Crippen LogP contribution >= 0.6 is 11.3 Å². The first kappa shape index (κ1) is 15.4. The molecule has 1 aromatic heterocycles. The summed E-state index contributed by atoms with van der Waals surface area (Å²) >= 11 is 1.42. The Hall–Kier alpha value is -0.980. The molecule has 1 fully saturated rings. The monoisotopic (exact) mass is 297 g/mol. The molecular weight excluding hydrogens is 274 g/mol. The van der Waals surface area contributed by atoms with Crippen LogP contribution in [-0.4, -0.2) is 53.2 Å². The second kappa shape index (κ2) is 7.71. The number of thiazole rings is 1. The number of carboxylic acid groups (broad SMARTS) is 1. The molecule has 20 heavy (non-hydrogen) atoms. The molecular formula is C14H23N3O2S. The van der Waals surface area contributed by atoms with Gasteiger partial charge in [-0.1, -0.05) is 6.42 Å². The Bertz CT molecular complexity index is 430. The molecule has 1 atom stereocenters. The minimum Gasteiger partial charge on any atom is -0.476 e. The standard InChI is InChI=1S/C14H23N3O2S/c1-11(9-17-7-3-2-4-8-17)15-6-5-13-16-12(10-20-13)14(18)19/h10-11,15H,2-9H2,1H3,(H,18,19). The average molecular weight is 297 g/mol. The Labute approximate surface area is 124 Å². The zero-order valence-electron chi connectivity index (χ0n) is 12.0. The number of nitrogens with zero attached hydrogens (tertiary/aromatic N) is 2. The van der Waals surface area contributed by atoms with E-state index in [1.807, 2.05) is 0 Å². The molecule has 0 amide bonds. The maximum absolute atomic E-state index is 10.7. The van der Waals surface area contributed by atoms with Crippen molar-refractivity contribution in [2.24, 2.45) is 0 Å². The first-order chi connectivity index (χ1) is 9.65. The minimum atomic E-state index is -0.945. The van der Waals surface area contributed by atoms with Gasteiger partial charge in [0.2, 0.25) is 0 Å². The number of carboxylic acids is 1. The van der Waals surface area contributed by atoms with Crippen molar-refractivity contribution < 1.29 is 9.90 Å². The lowest BCUT2D eigenvalue weighted by Gasteiger charge is -2.29. The van der Waals surface area contributed by atoms with Gasteiger partial charge in [-0.25, -0.2) is 9.78 Å². The van der Waals surface area contributed by atoms with E-state index in [9.17, 15) is 4.79 Å². The number of aromatic nitrogens is 1. The van der Waals surface area contributed by atoms with Crippen molar-refractivity contribution in [3.8, 4) is 0 Å². The van der Waals surface area contributed by atoms with Crippen LogP contribution in [0.4, 0.5) is 0 Å². The van der Waals surface area contributed by atoms with Gasteiger partial charge in [0.05, 0.1) is 5.01 Å². The largest absolute Gasteiger partial charge is 0.476 e. The maximum atomic E-state index is 10.7. The SMILES string of the molecule is CC(CN1CCCCC1)NCCc1nc(C(=O)O)cs1. The summed E-state index contributed by atoms with van der Waals surface area (Å²) < 4.78 is 0. The van der Waals surface area contributed by atoms with E-state index < -0.39 is 5.97 Å². The Morgan fingerprint density at radius 1 is 1.50 bits per heavy atom. The van der Waals surface area contributed by atoms with Gasteiger partial charge in [0.25, 0.3) is 0 Å². The quantitative estimate of drug-likeness (QED) is 0.804. The Kier molecular flexibility index (Phi) is 5.94. The van der Waals surface area contributed by atoms with E-state index in [1.165, 1.54) is 43.7 Å². The number of hydrogen-bond acceptors (Lipinski definition) is 5. The second-order valence-corrected chi connectivity index (χ2v) is 6.34. The molecule has 0 spiro atoms.